The van der Waals surface area contributed by atoms with Crippen LogP contribution in [-0.2, 0) is 22.3 Å². The van der Waals surface area contributed by atoms with Crippen LogP contribution in [0.25, 0.3) is 0 Å². The van der Waals surface area contributed by atoms with Crippen LogP contribution in [0.3, 0.4) is 0 Å². The average Bonchev–Trinajstić information content (AvgIpc) is 2.57. The molecule has 0 saturated heterocycles. The van der Waals surface area contributed by atoms with E-state index < -0.39 is 23.7 Å². The fourth-order valence-corrected chi connectivity index (χ4v) is 2.97. The van der Waals surface area contributed by atoms with Gasteiger partial charge in [0.05, 0.1) is 5.56 Å². The number of carboxylic acid groups (broad SMARTS) is 2. The number of hydrogen-bond acceptors (Lipinski definition) is 5. The van der Waals surface area contributed by atoms with Crippen LogP contribution in [0.5, 0.6) is 0 Å². The largest absolute Gasteiger partial charge is 0.473 e. The van der Waals surface area contributed by atoms with Crippen LogP contribution in [0.2, 0.25) is 0 Å². The zero-order chi connectivity index (χ0) is 21.5. The molecule has 0 spiro atoms. The molecule has 0 aliphatic carbocycles. The topological polar surface area (TPSA) is 104 Å². The van der Waals surface area contributed by atoms with Crippen LogP contribution in [0, 0.1) is 0 Å². The molecular weight excluding hydrogens is 397 g/mol. The van der Waals surface area contributed by atoms with Crippen molar-refractivity contribution >= 4 is 29.4 Å². The van der Waals surface area contributed by atoms with Crippen LogP contribution in [0.15, 0.2) is 52.3 Å². The molecule has 0 saturated carbocycles. The molecule has 0 aromatic heterocycles. The molecule has 152 valence electrons. The molecule has 0 aliphatic rings. The second-order valence-corrected chi connectivity index (χ2v) is 6.89. The smallest absolute Gasteiger partial charge is 0.416 e. The molecule has 6 nitrogen and oxygen atoms in total. The van der Waals surface area contributed by atoms with Crippen molar-refractivity contribution in [2.45, 2.75) is 22.5 Å². The van der Waals surface area contributed by atoms with E-state index in [1.807, 2.05) is 43.3 Å². The number of nitrogens with zero attached hydrogens (tertiary/aromatic N) is 1. The fourth-order valence-electron chi connectivity index (χ4n) is 2.01. The molecule has 0 radical (unpaired) electrons. The van der Waals surface area contributed by atoms with E-state index >= 15 is 0 Å². The van der Waals surface area contributed by atoms with Gasteiger partial charge >= 0.3 is 18.1 Å². The summed E-state index contributed by atoms with van der Waals surface area (Å²) in [5.41, 5.74) is 6.31. The lowest BCUT2D eigenvalue weighted by molar-refractivity contribution is -0.159. The Labute approximate surface area is 163 Å². The molecule has 4 N–H and O–H groups in total. The second kappa shape index (κ2) is 10.00. The number of anilines is 1. The van der Waals surface area contributed by atoms with Crippen molar-refractivity contribution in [3.63, 3.8) is 0 Å². The Kier molecular flexibility index (Phi) is 8.33. The molecule has 0 atom stereocenters. The molecule has 0 aliphatic heterocycles. The van der Waals surface area contributed by atoms with Gasteiger partial charge in [-0.25, -0.2) is 9.59 Å². The highest BCUT2D eigenvalue weighted by Gasteiger charge is 2.30. The van der Waals surface area contributed by atoms with Gasteiger partial charge in [0.25, 0.3) is 0 Å². The summed E-state index contributed by atoms with van der Waals surface area (Å²) in [5.74, 6) is -3.65. The van der Waals surface area contributed by atoms with E-state index in [0.717, 1.165) is 29.1 Å². The van der Waals surface area contributed by atoms with Crippen LogP contribution in [0.1, 0.15) is 11.1 Å². The van der Waals surface area contributed by atoms with Gasteiger partial charge < -0.3 is 20.8 Å². The summed E-state index contributed by atoms with van der Waals surface area (Å²) < 4.78 is 38.0. The number of nitrogens with two attached hydrogens (primary N) is 1. The van der Waals surface area contributed by atoms with Crippen molar-refractivity contribution in [3.05, 3.63) is 53.6 Å². The zero-order valence-electron chi connectivity index (χ0n) is 15.0. The lowest BCUT2D eigenvalue weighted by Gasteiger charge is -2.15. The van der Waals surface area contributed by atoms with Crippen molar-refractivity contribution in [1.82, 2.24) is 4.90 Å². The van der Waals surface area contributed by atoms with Crippen molar-refractivity contribution < 1.29 is 33.0 Å². The number of carboxylic acids is 2. The van der Waals surface area contributed by atoms with Gasteiger partial charge in [-0.3, -0.25) is 0 Å². The molecule has 10 heteroatoms. The number of benzene rings is 2. The van der Waals surface area contributed by atoms with Crippen LogP contribution < -0.4 is 5.73 Å². The summed E-state index contributed by atoms with van der Waals surface area (Å²) in [6, 6.07) is 11.3. The van der Waals surface area contributed by atoms with Crippen molar-refractivity contribution in [2.75, 3.05) is 19.8 Å². The van der Waals surface area contributed by atoms with Gasteiger partial charge in [0.2, 0.25) is 0 Å². The fraction of sp³-hybridized carbons (Fsp3) is 0.222. The minimum absolute atomic E-state index is 0.138. The molecule has 0 amide bonds. The Morgan fingerprint density at radius 1 is 1.04 bits per heavy atom. The van der Waals surface area contributed by atoms with E-state index in [-0.39, 0.29) is 5.69 Å². The molecular formula is C18H19F3N2O4S. The van der Waals surface area contributed by atoms with Crippen molar-refractivity contribution in [1.29, 1.82) is 0 Å². The van der Waals surface area contributed by atoms with Gasteiger partial charge in [0.1, 0.15) is 0 Å². The Balaban J connectivity index is 0.000000568. The van der Waals surface area contributed by atoms with Gasteiger partial charge in [-0.1, -0.05) is 30.0 Å². The minimum atomic E-state index is -4.37. The van der Waals surface area contributed by atoms with Gasteiger partial charge in [0, 0.05) is 22.0 Å². The number of alkyl halides is 3. The number of rotatable bonds is 4. The maximum atomic E-state index is 12.7. The van der Waals surface area contributed by atoms with Gasteiger partial charge in [-0.2, -0.15) is 13.2 Å². The predicted molar refractivity (Wildman–Crippen MR) is 99.1 cm³/mol. The molecule has 0 heterocycles. The molecule has 0 unspecified atom stereocenters. The van der Waals surface area contributed by atoms with E-state index in [0.29, 0.717) is 4.90 Å². The molecule has 2 aromatic carbocycles. The van der Waals surface area contributed by atoms with E-state index in [1.54, 1.807) is 0 Å². The van der Waals surface area contributed by atoms with Gasteiger partial charge in [0.15, 0.2) is 0 Å². The first-order valence-electron chi connectivity index (χ1n) is 7.75. The van der Waals surface area contributed by atoms with E-state index in [9.17, 15) is 13.2 Å². The van der Waals surface area contributed by atoms with Crippen LogP contribution in [-0.4, -0.2) is 41.1 Å². The highest BCUT2D eigenvalue weighted by atomic mass is 32.2. The Bertz CT molecular complexity index is 830. The highest BCUT2D eigenvalue weighted by Crippen LogP contribution is 2.38. The number of aliphatic carboxylic acids is 2. The quantitative estimate of drug-likeness (QED) is 0.516. The average molecular weight is 416 g/mol. The number of carbonyl (C=O) groups is 2. The molecule has 2 aromatic rings. The Morgan fingerprint density at radius 2 is 1.61 bits per heavy atom. The summed E-state index contributed by atoms with van der Waals surface area (Å²) in [5, 5.41) is 14.8. The number of nitrogen functional groups attached to an aromatic ring is 1. The van der Waals surface area contributed by atoms with Gasteiger partial charge in [-0.05, 0) is 43.9 Å². The lowest BCUT2D eigenvalue weighted by atomic mass is 10.2. The second-order valence-electron chi connectivity index (χ2n) is 5.81. The lowest BCUT2D eigenvalue weighted by Crippen LogP contribution is -2.11. The summed E-state index contributed by atoms with van der Waals surface area (Å²) in [7, 11) is 3.93. The highest BCUT2D eigenvalue weighted by molar-refractivity contribution is 7.99. The monoisotopic (exact) mass is 416 g/mol. The van der Waals surface area contributed by atoms with E-state index in [1.165, 1.54) is 17.8 Å². The standard InChI is InChI=1S/C16H17F3N2S.C2H2O4/c1-21(2)10-11-5-3-4-6-14(11)22-15-8-7-12(9-13(15)20)16(17,18)19;3-1(4)2(5)6/h3-9H,10,20H2,1-2H3;(H,3,4)(H,5,6). The number of hydrogen-bond donors (Lipinski definition) is 3. The van der Waals surface area contributed by atoms with Crippen LogP contribution >= 0.6 is 11.8 Å². The summed E-state index contributed by atoms with van der Waals surface area (Å²) in [6.45, 7) is 0.754. The third-order valence-corrected chi connectivity index (χ3v) is 4.41. The third kappa shape index (κ3) is 7.49. The molecule has 0 bridgehead atoms. The first-order valence-corrected chi connectivity index (χ1v) is 8.57. The molecule has 2 rings (SSSR count). The molecule has 28 heavy (non-hydrogen) atoms. The summed E-state index contributed by atoms with van der Waals surface area (Å²) in [6.07, 6.45) is -4.37. The van der Waals surface area contributed by atoms with Crippen molar-refractivity contribution in [3.8, 4) is 0 Å². The van der Waals surface area contributed by atoms with E-state index in [2.05, 4.69) is 0 Å². The zero-order valence-corrected chi connectivity index (χ0v) is 15.8. The SMILES string of the molecule is CN(C)Cc1ccccc1Sc1ccc(C(F)(F)F)cc1N.O=C(O)C(=O)O. The Morgan fingerprint density at radius 3 is 2.07 bits per heavy atom. The molecule has 0 fully saturated rings. The number of halogens is 3. The maximum Gasteiger partial charge on any atom is 0.416 e. The normalized spacial score (nSPS) is 10.9. The summed E-state index contributed by atoms with van der Waals surface area (Å²) >= 11 is 1.38. The van der Waals surface area contributed by atoms with Crippen LogP contribution in [0.4, 0.5) is 18.9 Å². The van der Waals surface area contributed by atoms with E-state index in [4.69, 9.17) is 25.5 Å². The van der Waals surface area contributed by atoms with Crippen molar-refractivity contribution in [2.24, 2.45) is 0 Å². The maximum absolute atomic E-state index is 12.7. The minimum Gasteiger partial charge on any atom is -0.473 e. The van der Waals surface area contributed by atoms with Gasteiger partial charge in [-0.15, -0.1) is 0 Å². The first-order chi connectivity index (χ1) is 12.9. The first kappa shape index (κ1) is 23.3. The Hall–Kier alpha value is -2.72. The predicted octanol–water partition coefficient (Wildman–Crippen LogP) is 3.66. The third-order valence-electron chi connectivity index (χ3n) is 3.20. The summed E-state index contributed by atoms with van der Waals surface area (Å²) in [4.78, 5) is 21.8.